The fraction of sp³-hybridized carbons (Fsp3) is 0.615. The number of hydrogen-bond donors (Lipinski definition) is 5. The molecule has 0 aromatic heterocycles. The lowest BCUT2D eigenvalue weighted by atomic mass is 10.0. The number of benzene rings is 1. The summed E-state index contributed by atoms with van der Waals surface area (Å²) in [5.74, 6) is -1.36. The highest BCUT2D eigenvalue weighted by Crippen LogP contribution is 2.14. The monoisotopic (exact) mass is 539 g/mol. The standard InChI is InChI=1S/C26H41N3O9/c1-5-10-29(11-6-2)26(36)20-13-17(3)12-19(14-20)25(35)28-38-16-22(32)24(34)21(31)15-37-27-23(33)9-7-8-18(4)30/h12-14,21-22,24,31-32,34H,5-11,15-16H2,1-4H3,(H,27,33)(H,28,35)/t21?,22-,24+/m0/s1. The first-order chi connectivity index (χ1) is 18.0. The number of amides is 3. The van der Waals surface area contributed by atoms with E-state index in [1.807, 2.05) is 13.8 Å². The van der Waals surface area contributed by atoms with E-state index < -0.39 is 43.3 Å². The summed E-state index contributed by atoms with van der Waals surface area (Å²) in [5, 5.41) is 30.1. The largest absolute Gasteiger partial charge is 0.388 e. The number of hydroxylamine groups is 2. The van der Waals surface area contributed by atoms with Gasteiger partial charge in [0.25, 0.3) is 11.8 Å². The molecular weight excluding hydrogens is 498 g/mol. The van der Waals surface area contributed by atoms with E-state index in [1.54, 1.807) is 24.0 Å². The number of aryl methyl sites for hydroxylation is 1. The molecule has 12 nitrogen and oxygen atoms in total. The van der Waals surface area contributed by atoms with Crippen molar-refractivity contribution in [1.82, 2.24) is 15.9 Å². The van der Waals surface area contributed by atoms with Crippen LogP contribution in [0.1, 0.15) is 79.2 Å². The van der Waals surface area contributed by atoms with Crippen molar-refractivity contribution in [2.75, 3.05) is 26.3 Å². The highest BCUT2D eigenvalue weighted by atomic mass is 16.7. The van der Waals surface area contributed by atoms with Crippen LogP contribution in [0.15, 0.2) is 18.2 Å². The minimum absolute atomic E-state index is 0.0375. The molecule has 1 unspecified atom stereocenters. The Bertz CT molecular complexity index is 919. The highest BCUT2D eigenvalue weighted by molar-refractivity contribution is 5.99. The summed E-state index contributed by atoms with van der Waals surface area (Å²) in [6.07, 6.45) is -2.57. The number of rotatable bonds is 18. The van der Waals surface area contributed by atoms with Gasteiger partial charge in [-0.3, -0.25) is 24.1 Å². The topological polar surface area (TPSA) is 175 Å². The van der Waals surface area contributed by atoms with Crippen molar-refractivity contribution in [3.8, 4) is 0 Å². The number of ketones is 1. The average molecular weight is 540 g/mol. The fourth-order valence-corrected chi connectivity index (χ4v) is 3.54. The van der Waals surface area contributed by atoms with Gasteiger partial charge in [-0.05, 0) is 56.9 Å². The lowest BCUT2D eigenvalue weighted by Crippen LogP contribution is -2.44. The number of aliphatic hydroxyl groups excluding tert-OH is 3. The average Bonchev–Trinajstić information content (AvgIpc) is 2.86. The van der Waals surface area contributed by atoms with E-state index in [0.29, 0.717) is 30.6 Å². The minimum atomic E-state index is -1.70. The van der Waals surface area contributed by atoms with Gasteiger partial charge in [0.2, 0.25) is 5.91 Å². The molecule has 1 aromatic carbocycles. The third-order valence-electron chi connectivity index (χ3n) is 5.44. The van der Waals surface area contributed by atoms with Crippen LogP contribution in [0.5, 0.6) is 0 Å². The molecule has 0 spiro atoms. The summed E-state index contributed by atoms with van der Waals surface area (Å²) in [6, 6.07) is 4.75. The molecule has 3 amide bonds. The van der Waals surface area contributed by atoms with Gasteiger partial charge in [-0.2, -0.15) is 0 Å². The molecule has 3 atom stereocenters. The van der Waals surface area contributed by atoms with Crippen LogP contribution < -0.4 is 11.0 Å². The number of Topliss-reactive ketones (excluding diaryl/α,β-unsaturated/α-hetero) is 1. The maximum atomic E-state index is 12.9. The summed E-state index contributed by atoms with van der Waals surface area (Å²) < 4.78 is 0. The first-order valence-electron chi connectivity index (χ1n) is 12.8. The number of nitrogens with zero attached hydrogens (tertiary/aromatic N) is 1. The van der Waals surface area contributed by atoms with Crippen molar-refractivity contribution in [2.24, 2.45) is 0 Å². The predicted octanol–water partition coefficient (Wildman–Crippen LogP) is 0.808. The van der Waals surface area contributed by atoms with Crippen LogP contribution in [0.3, 0.4) is 0 Å². The molecular formula is C26H41N3O9. The predicted molar refractivity (Wildman–Crippen MR) is 138 cm³/mol. The molecule has 0 radical (unpaired) electrons. The van der Waals surface area contributed by atoms with E-state index in [9.17, 15) is 34.5 Å². The Hall–Kier alpha value is -2.90. The molecule has 1 rings (SSSR count). The van der Waals surface area contributed by atoms with Crippen molar-refractivity contribution in [2.45, 2.75) is 78.1 Å². The van der Waals surface area contributed by atoms with Crippen LogP contribution in [0.2, 0.25) is 0 Å². The minimum Gasteiger partial charge on any atom is -0.388 e. The van der Waals surface area contributed by atoms with Crippen molar-refractivity contribution >= 4 is 23.5 Å². The molecule has 0 saturated carbocycles. The molecule has 12 heteroatoms. The van der Waals surface area contributed by atoms with Crippen LogP contribution in [0, 0.1) is 6.92 Å². The van der Waals surface area contributed by atoms with Gasteiger partial charge in [0, 0.05) is 37.1 Å². The molecule has 38 heavy (non-hydrogen) atoms. The Labute approximate surface area is 223 Å². The van der Waals surface area contributed by atoms with Crippen LogP contribution in [0.25, 0.3) is 0 Å². The van der Waals surface area contributed by atoms with E-state index in [1.165, 1.54) is 13.0 Å². The lowest BCUT2D eigenvalue weighted by Gasteiger charge is -2.23. The molecule has 5 N–H and O–H groups in total. The molecule has 0 aliphatic carbocycles. The first-order valence-corrected chi connectivity index (χ1v) is 12.8. The molecule has 0 fully saturated rings. The van der Waals surface area contributed by atoms with Gasteiger partial charge in [-0.25, -0.2) is 11.0 Å². The number of hydrogen-bond acceptors (Lipinski definition) is 9. The second-order valence-electron chi connectivity index (χ2n) is 9.14. The van der Waals surface area contributed by atoms with Crippen LogP contribution >= 0.6 is 0 Å². The Balaban J connectivity index is 2.54. The van der Waals surface area contributed by atoms with Gasteiger partial charge in [-0.1, -0.05) is 13.8 Å². The zero-order valence-electron chi connectivity index (χ0n) is 22.6. The molecule has 214 valence electrons. The number of aliphatic hydroxyl groups is 3. The van der Waals surface area contributed by atoms with Crippen LogP contribution in [-0.4, -0.2) is 88.3 Å². The van der Waals surface area contributed by atoms with E-state index in [-0.39, 0.29) is 30.1 Å². The van der Waals surface area contributed by atoms with Crippen molar-refractivity contribution in [3.63, 3.8) is 0 Å². The normalized spacial score (nSPS) is 13.3. The van der Waals surface area contributed by atoms with Gasteiger partial charge in [-0.15, -0.1) is 0 Å². The second kappa shape index (κ2) is 17.6. The van der Waals surface area contributed by atoms with Gasteiger partial charge in [0.15, 0.2) is 0 Å². The zero-order valence-corrected chi connectivity index (χ0v) is 22.6. The first kappa shape index (κ1) is 33.1. The van der Waals surface area contributed by atoms with Crippen LogP contribution in [0.4, 0.5) is 0 Å². The van der Waals surface area contributed by atoms with E-state index in [4.69, 9.17) is 9.68 Å². The summed E-state index contributed by atoms with van der Waals surface area (Å²) in [7, 11) is 0. The third kappa shape index (κ3) is 12.1. The molecule has 0 aliphatic rings. The summed E-state index contributed by atoms with van der Waals surface area (Å²) in [5.41, 5.74) is 5.50. The van der Waals surface area contributed by atoms with E-state index >= 15 is 0 Å². The third-order valence-corrected chi connectivity index (χ3v) is 5.44. The Kier molecular flexibility index (Phi) is 15.3. The van der Waals surface area contributed by atoms with E-state index in [0.717, 1.165) is 12.8 Å². The van der Waals surface area contributed by atoms with Crippen molar-refractivity contribution in [1.29, 1.82) is 0 Å². The van der Waals surface area contributed by atoms with Gasteiger partial charge in [0.1, 0.15) is 37.3 Å². The molecule has 0 bridgehead atoms. The van der Waals surface area contributed by atoms with Gasteiger partial charge >= 0.3 is 0 Å². The van der Waals surface area contributed by atoms with Crippen molar-refractivity contribution < 1.29 is 44.2 Å². The Morgan fingerprint density at radius 2 is 1.42 bits per heavy atom. The van der Waals surface area contributed by atoms with Gasteiger partial charge in [0.05, 0.1) is 0 Å². The molecule has 0 aliphatic heterocycles. The molecule has 0 heterocycles. The fourth-order valence-electron chi connectivity index (χ4n) is 3.54. The summed E-state index contributed by atoms with van der Waals surface area (Å²) >= 11 is 0. The zero-order chi connectivity index (χ0) is 28.7. The van der Waals surface area contributed by atoms with E-state index in [2.05, 4.69) is 11.0 Å². The van der Waals surface area contributed by atoms with Gasteiger partial charge < -0.3 is 25.0 Å². The quantitative estimate of drug-likeness (QED) is 0.169. The molecule has 0 saturated heterocycles. The smallest absolute Gasteiger partial charge is 0.274 e. The summed E-state index contributed by atoms with van der Waals surface area (Å²) in [4.78, 5) is 59.5. The highest BCUT2D eigenvalue weighted by Gasteiger charge is 2.26. The Morgan fingerprint density at radius 3 is 1.97 bits per heavy atom. The summed E-state index contributed by atoms with van der Waals surface area (Å²) in [6.45, 7) is 7.29. The molecule has 1 aromatic rings. The SMILES string of the molecule is CCCN(CCC)C(=O)c1cc(C)cc(C(=O)NOC[C@H](O)[C@H](O)C(O)CONC(=O)CCCC(C)=O)c1. The Morgan fingerprint density at radius 1 is 0.868 bits per heavy atom. The second-order valence-corrected chi connectivity index (χ2v) is 9.14. The maximum absolute atomic E-state index is 12.9. The number of carbonyl (C=O) groups is 4. The van der Waals surface area contributed by atoms with Crippen molar-refractivity contribution in [3.05, 3.63) is 34.9 Å². The van der Waals surface area contributed by atoms with Crippen LogP contribution in [-0.2, 0) is 19.3 Å². The lowest BCUT2D eigenvalue weighted by molar-refractivity contribution is -0.145. The maximum Gasteiger partial charge on any atom is 0.274 e. The number of carbonyl (C=O) groups excluding carboxylic acids is 4. The number of nitrogens with one attached hydrogen (secondary N) is 2.